The number of nitrogens with zero attached hydrogens (tertiary/aromatic N) is 2. The van der Waals surface area contributed by atoms with Gasteiger partial charge in [-0.1, -0.05) is 0 Å². The van der Waals surface area contributed by atoms with Crippen molar-refractivity contribution in [1.29, 1.82) is 0 Å². The minimum absolute atomic E-state index is 0.111. The zero-order valence-electron chi connectivity index (χ0n) is 6.37. The summed E-state index contributed by atoms with van der Waals surface area (Å²) in [4.78, 5) is 8.88. The monoisotopic (exact) mass is 174 g/mol. The Morgan fingerprint density at radius 3 is 2.82 bits per heavy atom. The average molecular weight is 174 g/mol. The summed E-state index contributed by atoms with van der Waals surface area (Å²) in [6.07, 6.45) is 0.111. The smallest absolute Gasteiger partial charge is 0.233 e. The Morgan fingerprint density at radius 1 is 1.64 bits per heavy atom. The summed E-state index contributed by atoms with van der Waals surface area (Å²) in [7, 11) is 0. The fourth-order valence-corrected chi connectivity index (χ4v) is 0.885. The SMILES string of the molecule is CC(C)ONc1nc(N)ns1. The molecule has 62 valence electrons. The van der Waals surface area contributed by atoms with E-state index in [-0.39, 0.29) is 12.1 Å². The standard InChI is InChI=1S/C5H10N4OS/c1-3(2)10-8-5-7-4(6)9-11-5/h3H,1-2H3,(H3,6,7,8,9). The molecule has 3 N–H and O–H groups in total. The molecular weight excluding hydrogens is 164 g/mol. The first-order chi connectivity index (χ1) is 5.18. The Labute approximate surface area is 68.7 Å². The van der Waals surface area contributed by atoms with E-state index in [1.807, 2.05) is 13.8 Å². The topological polar surface area (TPSA) is 73.1 Å². The number of rotatable bonds is 3. The van der Waals surface area contributed by atoms with E-state index in [2.05, 4.69) is 14.8 Å². The highest BCUT2D eigenvalue weighted by Crippen LogP contribution is 2.11. The minimum Gasteiger partial charge on any atom is -0.367 e. The summed E-state index contributed by atoms with van der Waals surface area (Å²) < 4.78 is 3.76. The second-order valence-electron chi connectivity index (χ2n) is 2.23. The fraction of sp³-hybridized carbons (Fsp3) is 0.600. The number of nitrogens with two attached hydrogens (primary N) is 1. The Hall–Kier alpha value is -0.880. The molecule has 0 atom stereocenters. The van der Waals surface area contributed by atoms with Crippen LogP contribution in [0.5, 0.6) is 0 Å². The van der Waals surface area contributed by atoms with E-state index in [0.29, 0.717) is 5.13 Å². The van der Waals surface area contributed by atoms with E-state index in [4.69, 9.17) is 10.6 Å². The summed E-state index contributed by atoms with van der Waals surface area (Å²) in [6.45, 7) is 3.83. The van der Waals surface area contributed by atoms with Crippen LogP contribution in [0.3, 0.4) is 0 Å². The van der Waals surface area contributed by atoms with E-state index in [1.54, 1.807) is 0 Å². The van der Waals surface area contributed by atoms with Gasteiger partial charge in [-0.2, -0.15) is 9.36 Å². The van der Waals surface area contributed by atoms with Gasteiger partial charge in [0.25, 0.3) is 0 Å². The first kappa shape index (κ1) is 8.22. The van der Waals surface area contributed by atoms with Crippen LogP contribution >= 0.6 is 11.5 Å². The van der Waals surface area contributed by atoms with Crippen LogP contribution in [0.4, 0.5) is 11.1 Å². The van der Waals surface area contributed by atoms with Gasteiger partial charge in [0, 0.05) is 11.5 Å². The van der Waals surface area contributed by atoms with Gasteiger partial charge < -0.3 is 5.73 Å². The molecule has 0 aliphatic rings. The predicted octanol–water partition coefficient (Wildman–Crippen LogP) is 0.872. The molecule has 0 fully saturated rings. The molecule has 0 saturated heterocycles. The predicted molar refractivity (Wildman–Crippen MR) is 44.2 cm³/mol. The lowest BCUT2D eigenvalue weighted by Crippen LogP contribution is -2.08. The summed E-state index contributed by atoms with van der Waals surface area (Å²) in [5.74, 6) is 0.268. The van der Waals surface area contributed by atoms with Crippen LogP contribution in [0.2, 0.25) is 0 Å². The second kappa shape index (κ2) is 3.49. The zero-order valence-corrected chi connectivity index (χ0v) is 7.18. The van der Waals surface area contributed by atoms with Crippen LogP contribution in [0, 0.1) is 0 Å². The third kappa shape index (κ3) is 2.69. The lowest BCUT2D eigenvalue weighted by atomic mass is 10.5. The molecule has 5 nitrogen and oxygen atoms in total. The summed E-state index contributed by atoms with van der Waals surface area (Å²) in [5.41, 5.74) is 7.91. The van der Waals surface area contributed by atoms with Crippen LogP contribution in [-0.4, -0.2) is 15.5 Å². The lowest BCUT2D eigenvalue weighted by molar-refractivity contribution is 0.130. The molecule has 0 spiro atoms. The molecule has 1 rings (SSSR count). The van der Waals surface area contributed by atoms with E-state index in [1.165, 1.54) is 11.5 Å². The Bertz CT molecular complexity index is 224. The molecule has 0 aliphatic carbocycles. The van der Waals surface area contributed by atoms with Crippen LogP contribution < -0.4 is 11.2 Å². The first-order valence-electron chi connectivity index (χ1n) is 3.19. The van der Waals surface area contributed by atoms with Gasteiger partial charge in [-0.3, -0.25) is 4.84 Å². The van der Waals surface area contributed by atoms with Gasteiger partial charge in [-0.15, -0.1) is 0 Å². The Balaban J connectivity index is 2.39. The quantitative estimate of drug-likeness (QED) is 0.665. The molecule has 0 aliphatic heterocycles. The zero-order chi connectivity index (χ0) is 8.27. The van der Waals surface area contributed by atoms with Crippen molar-refractivity contribution >= 4 is 22.6 Å². The van der Waals surface area contributed by atoms with E-state index in [9.17, 15) is 0 Å². The molecule has 0 bridgehead atoms. The second-order valence-corrected chi connectivity index (χ2v) is 2.98. The number of nitrogen functional groups attached to an aromatic ring is 1. The van der Waals surface area contributed by atoms with E-state index in [0.717, 1.165) is 0 Å². The maximum absolute atomic E-state index is 5.28. The van der Waals surface area contributed by atoms with E-state index < -0.39 is 0 Å². The van der Waals surface area contributed by atoms with Gasteiger partial charge in [0.2, 0.25) is 11.1 Å². The number of hydrogen-bond donors (Lipinski definition) is 2. The average Bonchev–Trinajstić information content (AvgIpc) is 2.31. The van der Waals surface area contributed by atoms with Gasteiger partial charge in [-0.05, 0) is 13.8 Å². The van der Waals surface area contributed by atoms with Crippen molar-refractivity contribution in [2.24, 2.45) is 0 Å². The number of aromatic nitrogens is 2. The van der Waals surface area contributed by atoms with Gasteiger partial charge >= 0.3 is 0 Å². The number of anilines is 2. The Kier molecular flexibility index (Phi) is 2.61. The normalized spacial score (nSPS) is 10.5. The number of nitrogens with one attached hydrogen (secondary N) is 1. The van der Waals surface area contributed by atoms with Crippen molar-refractivity contribution in [1.82, 2.24) is 9.36 Å². The summed E-state index contributed by atoms with van der Waals surface area (Å²) in [5, 5.41) is 0.580. The molecule has 0 saturated carbocycles. The molecule has 6 heteroatoms. The molecular formula is C5H10N4OS. The lowest BCUT2D eigenvalue weighted by Gasteiger charge is -2.04. The van der Waals surface area contributed by atoms with Crippen molar-refractivity contribution in [2.45, 2.75) is 20.0 Å². The molecule has 1 aromatic rings. The van der Waals surface area contributed by atoms with Crippen LogP contribution in [-0.2, 0) is 4.84 Å². The molecule has 11 heavy (non-hydrogen) atoms. The molecule has 1 heterocycles. The highest BCUT2D eigenvalue weighted by atomic mass is 32.1. The summed E-state index contributed by atoms with van der Waals surface area (Å²) >= 11 is 1.17. The van der Waals surface area contributed by atoms with Crippen LogP contribution in [0.1, 0.15) is 13.8 Å². The first-order valence-corrected chi connectivity index (χ1v) is 3.96. The largest absolute Gasteiger partial charge is 0.367 e. The van der Waals surface area contributed by atoms with Crippen molar-refractivity contribution in [2.75, 3.05) is 11.2 Å². The molecule has 0 aromatic carbocycles. The molecule has 0 radical (unpaired) electrons. The highest BCUT2D eigenvalue weighted by Gasteiger charge is 1.99. The summed E-state index contributed by atoms with van der Waals surface area (Å²) in [6, 6.07) is 0. The van der Waals surface area contributed by atoms with Gasteiger partial charge in [0.05, 0.1) is 6.10 Å². The third-order valence-corrected chi connectivity index (χ3v) is 1.45. The molecule has 0 unspecified atom stereocenters. The number of hydrogen-bond acceptors (Lipinski definition) is 6. The van der Waals surface area contributed by atoms with E-state index >= 15 is 0 Å². The third-order valence-electron chi connectivity index (χ3n) is 0.824. The molecule has 0 amide bonds. The van der Waals surface area contributed by atoms with Gasteiger partial charge in [0.1, 0.15) is 0 Å². The minimum atomic E-state index is 0.111. The van der Waals surface area contributed by atoms with Crippen molar-refractivity contribution < 1.29 is 4.84 Å². The van der Waals surface area contributed by atoms with Gasteiger partial charge in [0.15, 0.2) is 0 Å². The fourth-order valence-electron chi connectivity index (χ4n) is 0.445. The van der Waals surface area contributed by atoms with Crippen LogP contribution in [0.15, 0.2) is 0 Å². The van der Waals surface area contributed by atoms with Crippen molar-refractivity contribution in [3.63, 3.8) is 0 Å². The van der Waals surface area contributed by atoms with Crippen molar-refractivity contribution in [3.8, 4) is 0 Å². The van der Waals surface area contributed by atoms with Gasteiger partial charge in [-0.25, -0.2) is 5.48 Å². The maximum Gasteiger partial charge on any atom is 0.233 e. The highest BCUT2D eigenvalue weighted by molar-refractivity contribution is 7.09. The molecule has 1 aromatic heterocycles. The van der Waals surface area contributed by atoms with Crippen molar-refractivity contribution in [3.05, 3.63) is 0 Å². The maximum atomic E-state index is 5.28. The Morgan fingerprint density at radius 2 is 2.36 bits per heavy atom. The van der Waals surface area contributed by atoms with Crippen LogP contribution in [0.25, 0.3) is 0 Å².